The van der Waals surface area contributed by atoms with Gasteiger partial charge in [0.2, 0.25) is 0 Å². The van der Waals surface area contributed by atoms with Gasteiger partial charge in [-0.05, 0) is 25.7 Å². The van der Waals surface area contributed by atoms with Gasteiger partial charge in [-0.2, -0.15) is 0 Å². The third kappa shape index (κ3) is 14.9. The number of rotatable bonds is 13. The van der Waals surface area contributed by atoms with Crippen molar-refractivity contribution in [3.8, 4) is 0 Å². The van der Waals surface area contributed by atoms with Crippen LogP contribution < -0.4 is 21.3 Å². The summed E-state index contributed by atoms with van der Waals surface area (Å²) >= 11 is 0. The molecule has 6 heteroatoms. The van der Waals surface area contributed by atoms with E-state index in [4.69, 9.17) is 0 Å². The largest absolute Gasteiger partial charge is 0.338 e. The predicted octanol–water partition coefficient (Wildman–Crippen LogP) is 2.75. The van der Waals surface area contributed by atoms with E-state index in [1.165, 1.54) is 0 Å². The molecule has 0 aliphatic rings. The molecule has 4 N–H and O–H groups in total. The Kier molecular flexibility index (Phi) is 14.9. The van der Waals surface area contributed by atoms with Crippen LogP contribution in [-0.4, -0.2) is 38.2 Å². The Bertz CT molecular complexity index is 257. The summed E-state index contributed by atoms with van der Waals surface area (Å²) < 4.78 is 0. The minimum atomic E-state index is -0.0705. The van der Waals surface area contributed by atoms with Crippen molar-refractivity contribution >= 4 is 12.1 Å². The lowest BCUT2D eigenvalue weighted by Gasteiger charge is -2.08. The van der Waals surface area contributed by atoms with E-state index in [2.05, 4.69) is 35.1 Å². The second kappa shape index (κ2) is 15.9. The average molecular weight is 314 g/mol. The number of urea groups is 2. The van der Waals surface area contributed by atoms with Crippen molar-refractivity contribution in [1.29, 1.82) is 0 Å². The summed E-state index contributed by atoms with van der Waals surface area (Å²) in [5.74, 6) is 0. The van der Waals surface area contributed by atoms with Crippen LogP contribution in [0.3, 0.4) is 0 Å². The number of unbranched alkanes of at least 4 members (excludes halogenated alkanes) is 5. The van der Waals surface area contributed by atoms with E-state index < -0.39 is 0 Å². The molecule has 0 heterocycles. The van der Waals surface area contributed by atoms with Gasteiger partial charge in [-0.1, -0.05) is 39.5 Å². The summed E-state index contributed by atoms with van der Waals surface area (Å²) in [5, 5.41) is 11.3. The van der Waals surface area contributed by atoms with Crippen LogP contribution in [0.2, 0.25) is 0 Å². The third-order valence-electron chi connectivity index (χ3n) is 3.31. The van der Waals surface area contributed by atoms with E-state index in [1.54, 1.807) is 0 Å². The molecule has 0 bridgehead atoms. The fourth-order valence-corrected chi connectivity index (χ4v) is 1.89. The highest BCUT2D eigenvalue weighted by molar-refractivity contribution is 5.74. The van der Waals surface area contributed by atoms with Crippen LogP contribution in [-0.2, 0) is 0 Å². The lowest BCUT2D eigenvalue weighted by Crippen LogP contribution is -2.36. The molecule has 0 aromatic carbocycles. The molecule has 0 unspecified atom stereocenters. The van der Waals surface area contributed by atoms with E-state index >= 15 is 0 Å². The van der Waals surface area contributed by atoms with Crippen molar-refractivity contribution in [2.75, 3.05) is 26.2 Å². The van der Waals surface area contributed by atoms with Crippen molar-refractivity contribution in [2.45, 2.75) is 65.2 Å². The fourth-order valence-electron chi connectivity index (χ4n) is 1.89. The second-order valence-corrected chi connectivity index (χ2v) is 5.49. The van der Waals surface area contributed by atoms with Gasteiger partial charge in [-0.25, -0.2) is 9.59 Å². The smallest absolute Gasteiger partial charge is 0.314 e. The molecule has 0 aromatic rings. The van der Waals surface area contributed by atoms with E-state index in [0.29, 0.717) is 13.1 Å². The molecule has 0 aliphatic carbocycles. The molecule has 6 nitrogen and oxygen atoms in total. The maximum atomic E-state index is 11.4. The van der Waals surface area contributed by atoms with E-state index in [9.17, 15) is 9.59 Å². The molecule has 0 rings (SSSR count). The van der Waals surface area contributed by atoms with Crippen LogP contribution in [0, 0.1) is 0 Å². The van der Waals surface area contributed by atoms with Gasteiger partial charge in [0.05, 0.1) is 0 Å². The average Bonchev–Trinajstić information content (AvgIpc) is 2.50. The summed E-state index contributed by atoms with van der Waals surface area (Å²) in [7, 11) is 0. The number of nitrogens with one attached hydrogen (secondary N) is 4. The number of hydrogen-bond acceptors (Lipinski definition) is 2. The van der Waals surface area contributed by atoms with Gasteiger partial charge in [0.25, 0.3) is 0 Å². The van der Waals surface area contributed by atoms with Crippen LogP contribution in [0.25, 0.3) is 0 Å². The predicted molar refractivity (Wildman–Crippen MR) is 91.1 cm³/mol. The maximum absolute atomic E-state index is 11.4. The SMILES string of the molecule is CCCCNC(=O)NCCCCCCNC(=O)NCCCC. The lowest BCUT2D eigenvalue weighted by atomic mass is 10.2. The zero-order valence-electron chi connectivity index (χ0n) is 14.3. The summed E-state index contributed by atoms with van der Waals surface area (Å²) in [5.41, 5.74) is 0. The van der Waals surface area contributed by atoms with Crippen molar-refractivity contribution in [3.05, 3.63) is 0 Å². The first-order valence-electron chi connectivity index (χ1n) is 8.74. The van der Waals surface area contributed by atoms with E-state index in [0.717, 1.165) is 64.5 Å². The molecule has 0 fully saturated rings. The normalized spacial score (nSPS) is 10.1. The van der Waals surface area contributed by atoms with Crippen molar-refractivity contribution in [3.63, 3.8) is 0 Å². The van der Waals surface area contributed by atoms with Gasteiger partial charge in [0.1, 0.15) is 0 Å². The monoisotopic (exact) mass is 314 g/mol. The van der Waals surface area contributed by atoms with Crippen LogP contribution in [0.15, 0.2) is 0 Å². The Morgan fingerprint density at radius 3 is 1.18 bits per heavy atom. The minimum absolute atomic E-state index is 0.0705. The number of carbonyl (C=O) groups is 2. The van der Waals surface area contributed by atoms with Gasteiger partial charge in [-0.3, -0.25) is 0 Å². The maximum Gasteiger partial charge on any atom is 0.314 e. The van der Waals surface area contributed by atoms with Crippen LogP contribution in [0.1, 0.15) is 65.2 Å². The van der Waals surface area contributed by atoms with Gasteiger partial charge in [-0.15, -0.1) is 0 Å². The first kappa shape index (κ1) is 20.5. The van der Waals surface area contributed by atoms with Gasteiger partial charge in [0.15, 0.2) is 0 Å². The second-order valence-electron chi connectivity index (χ2n) is 5.49. The zero-order valence-corrected chi connectivity index (χ0v) is 14.3. The molecule has 130 valence electrons. The highest BCUT2D eigenvalue weighted by atomic mass is 16.2. The molecule has 0 radical (unpaired) electrons. The molecule has 0 saturated heterocycles. The number of amides is 4. The number of hydrogen-bond donors (Lipinski definition) is 4. The zero-order chi connectivity index (χ0) is 16.5. The quantitative estimate of drug-likeness (QED) is 0.394. The number of carbonyl (C=O) groups excluding carboxylic acids is 2. The Morgan fingerprint density at radius 2 is 0.864 bits per heavy atom. The van der Waals surface area contributed by atoms with Gasteiger partial charge < -0.3 is 21.3 Å². The van der Waals surface area contributed by atoms with E-state index in [1.807, 2.05) is 0 Å². The van der Waals surface area contributed by atoms with Crippen molar-refractivity contribution in [2.24, 2.45) is 0 Å². The molecule has 4 amide bonds. The minimum Gasteiger partial charge on any atom is -0.338 e. The standard InChI is InChI=1S/C16H34N4O2/c1-3-5-11-17-15(21)19-13-9-7-8-10-14-20-16(22)18-12-6-4-2/h3-14H2,1-2H3,(H2,17,19,21)(H2,18,20,22). The summed E-state index contributed by atoms with van der Waals surface area (Å²) in [4.78, 5) is 22.7. The first-order valence-corrected chi connectivity index (χ1v) is 8.74. The van der Waals surface area contributed by atoms with Crippen LogP contribution in [0.5, 0.6) is 0 Å². The van der Waals surface area contributed by atoms with Crippen molar-refractivity contribution in [1.82, 2.24) is 21.3 Å². The Labute approximate surface area is 135 Å². The molecule has 0 atom stereocenters. The third-order valence-corrected chi connectivity index (χ3v) is 3.31. The van der Waals surface area contributed by atoms with Gasteiger partial charge >= 0.3 is 12.1 Å². The topological polar surface area (TPSA) is 82.3 Å². The summed E-state index contributed by atoms with van der Waals surface area (Å²) in [6.45, 7) is 7.11. The first-order chi connectivity index (χ1) is 10.7. The van der Waals surface area contributed by atoms with Crippen molar-refractivity contribution < 1.29 is 9.59 Å². The van der Waals surface area contributed by atoms with Crippen LogP contribution in [0.4, 0.5) is 9.59 Å². The molecule has 0 aliphatic heterocycles. The Morgan fingerprint density at radius 1 is 0.545 bits per heavy atom. The molecule has 0 saturated carbocycles. The van der Waals surface area contributed by atoms with Gasteiger partial charge in [0, 0.05) is 26.2 Å². The fraction of sp³-hybridized carbons (Fsp3) is 0.875. The summed E-state index contributed by atoms with van der Waals surface area (Å²) in [6.07, 6.45) is 8.30. The molecule has 0 spiro atoms. The highest BCUT2D eigenvalue weighted by Gasteiger charge is 1.99. The molecular weight excluding hydrogens is 280 g/mol. The Hall–Kier alpha value is -1.46. The molecule has 22 heavy (non-hydrogen) atoms. The highest BCUT2D eigenvalue weighted by Crippen LogP contribution is 1.97. The summed E-state index contributed by atoms with van der Waals surface area (Å²) in [6, 6.07) is -0.141. The molecule has 0 aromatic heterocycles. The lowest BCUT2D eigenvalue weighted by molar-refractivity contribution is 0.239. The Balaban J connectivity index is 3.23. The van der Waals surface area contributed by atoms with Crippen LogP contribution >= 0.6 is 0 Å². The molecular formula is C16H34N4O2. The van der Waals surface area contributed by atoms with E-state index in [-0.39, 0.29) is 12.1 Å².